The van der Waals surface area contributed by atoms with Crippen molar-refractivity contribution in [3.05, 3.63) is 29.8 Å². The van der Waals surface area contributed by atoms with Crippen LogP contribution in [0.1, 0.15) is 46.1 Å². The molecule has 1 N–H and O–H groups in total. The predicted molar refractivity (Wildman–Crippen MR) is 94.8 cm³/mol. The minimum atomic E-state index is -0.428. The van der Waals surface area contributed by atoms with E-state index in [4.69, 9.17) is 4.74 Å². The van der Waals surface area contributed by atoms with Gasteiger partial charge in [-0.15, -0.1) is 0 Å². The van der Waals surface area contributed by atoms with Crippen molar-refractivity contribution in [1.29, 1.82) is 0 Å². The van der Waals surface area contributed by atoms with Crippen molar-refractivity contribution in [3.8, 4) is 0 Å². The molecule has 0 bridgehead atoms. The summed E-state index contributed by atoms with van der Waals surface area (Å²) in [5.74, 6) is 0.473. The summed E-state index contributed by atoms with van der Waals surface area (Å²) in [6.45, 7) is 10.4. The number of anilines is 1. The van der Waals surface area contributed by atoms with E-state index in [1.54, 1.807) is 0 Å². The van der Waals surface area contributed by atoms with Gasteiger partial charge in [-0.1, -0.05) is 25.1 Å². The Kier molecular flexibility index (Phi) is 5.91. The van der Waals surface area contributed by atoms with Crippen LogP contribution in [0.5, 0.6) is 0 Å². The predicted octanol–water partition coefficient (Wildman–Crippen LogP) is 4.31. The molecular formula is C19H30N2O2. The van der Waals surface area contributed by atoms with Gasteiger partial charge in [0, 0.05) is 25.3 Å². The summed E-state index contributed by atoms with van der Waals surface area (Å²) in [4.78, 5) is 14.1. The van der Waals surface area contributed by atoms with Gasteiger partial charge in [0.05, 0.1) is 0 Å². The second-order valence-corrected chi connectivity index (χ2v) is 7.33. The molecule has 23 heavy (non-hydrogen) atoms. The van der Waals surface area contributed by atoms with Crippen LogP contribution in [0.3, 0.4) is 0 Å². The lowest BCUT2D eigenvalue weighted by Gasteiger charge is -2.34. The zero-order chi connectivity index (χ0) is 16.9. The number of nitrogens with one attached hydrogen (secondary N) is 1. The molecule has 1 aliphatic heterocycles. The number of rotatable bonds is 4. The largest absolute Gasteiger partial charge is 0.444 e. The summed E-state index contributed by atoms with van der Waals surface area (Å²) < 4.78 is 5.49. The molecule has 1 saturated heterocycles. The average molecular weight is 318 g/mol. The number of carbonyl (C=O) groups excluding carboxylic acids is 1. The van der Waals surface area contributed by atoms with Gasteiger partial charge in [-0.3, -0.25) is 0 Å². The molecule has 2 rings (SSSR count). The van der Waals surface area contributed by atoms with Gasteiger partial charge in [0.15, 0.2) is 0 Å². The van der Waals surface area contributed by atoms with Gasteiger partial charge in [-0.2, -0.15) is 0 Å². The number of para-hydroxylation sites is 1. The lowest BCUT2D eigenvalue weighted by molar-refractivity contribution is 0.0172. The summed E-state index contributed by atoms with van der Waals surface area (Å²) in [5, 5.41) is 3.56. The number of ether oxygens (including phenoxy) is 1. The highest BCUT2D eigenvalue weighted by atomic mass is 16.6. The average Bonchev–Trinajstić information content (AvgIpc) is 2.52. The van der Waals surface area contributed by atoms with Crippen molar-refractivity contribution in [2.45, 2.75) is 52.6 Å². The summed E-state index contributed by atoms with van der Waals surface area (Å²) in [6.07, 6.45) is 3.04. The first-order valence-electron chi connectivity index (χ1n) is 8.68. The second kappa shape index (κ2) is 7.71. The molecule has 128 valence electrons. The first-order chi connectivity index (χ1) is 10.9. The molecule has 0 aromatic heterocycles. The van der Waals surface area contributed by atoms with Gasteiger partial charge in [0.25, 0.3) is 0 Å². The fourth-order valence-electron chi connectivity index (χ4n) is 2.98. The number of amides is 1. The van der Waals surface area contributed by atoms with E-state index in [0.29, 0.717) is 5.92 Å². The monoisotopic (exact) mass is 318 g/mol. The third-order valence-electron chi connectivity index (χ3n) is 4.15. The number of carbonyl (C=O) groups is 1. The maximum atomic E-state index is 12.2. The fourth-order valence-corrected chi connectivity index (χ4v) is 2.98. The van der Waals surface area contributed by atoms with Gasteiger partial charge >= 0.3 is 6.09 Å². The standard InChI is InChI=1S/C19H30N2O2/c1-5-16-10-6-7-11-17(16)20-13-15-9-8-12-21(14-15)18(22)23-19(2,3)4/h6-7,10-11,15,20H,5,8-9,12-14H2,1-4H3. The third kappa shape index (κ3) is 5.45. The molecule has 0 spiro atoms. The molecular weight excluding hydrogens is 288 g/mol. The highest BCUT2D eigenvalue weighted by Gasteiger charge is 2.27. The normalized spacial score (nSPS) is 18.6. The van der Waals surface area contributed by atoms with Gasteiger partial charge in [0.1, 0.15) is 5.60 Å². The molecule has 1 aliphatic rings. The highest BCUT2D eigenvalue weighted by molar-refractivity contribution is 5.68. The van der Waals surface area contributed by atoms with Gasteiger partial charge < -0.3 is 15.0 Å². The maximum absolute atomic E-state index is 12.2. The van der Waals surface area contributed by atoms with Crippen LogP contribution in [-0.4, -0.2) is 36.2 Å². The number of piperidine rings is 1. The molecule has 4 heteroatoms. The molecule has 1 aromatic rings. The number of hydrogen-bond acceptors (Lipinski definition) is 3. The number of aryl methyl sites for hydroxylation is 1. The molecule has 1 heterocycles. The molecule has 1 aromatic carbocycles. The zero-order valence-electron chi connectivity index (χ0n) is 14.9. The summed E-state index contributed by atoms with van der Waals surface area (Å²) >= 11 is 0. The van der Waals surface area contributed by atoms with Crippen LogP contribution in [0.2, 0.25) is 0 Å². The minimum Gasteiger partial charge on any atom is -0.444 e. The molecule has 0 saturated carbocycles. The Morgan fingerprint density at radius 3 is 2.78 bits per heavy atom. The van der Waals surface area contributed by atoms with Gasteiger partial charge in [-0.25, -0.2) is 4.79 Å². The maximum Gasteiger partial charge on any atom is 0.410 e. The Balaban J connectivity index is 1.88. The Bertz CT molecular complexity index is 522. The smallest absolute Gasteiger partial charge is 0.410 e. The van der Waals surface area contributed by atoms with E-state index in [-0.39, 0.29) is 6.09 Å². The van der Waals surface area contributed by atoms with Crippen LogP contribution in [0.4, 0.5) is 10.5 Å². The van der Waals surface area contributed by atoms with Crippen molar-refractivity contribution >= 4 is 11.8 Å². The van der Waals surface area contributed by atoms with Crippen LogP contribution < -0.4 is 5.32 Å². The molecule has 1 atom stereocenters. The van der Waals surface area contributed by atoms with Crippen LogP contribution in [-0.2, 0) is 11.2 Å². The number of benzene rings is 1. The number of hydrogen-bond donors (Lipinski definition) is 1. The fraction of sp³-hybridized carbons (Fsp3) is 0.632. The van der Waals surface area contributed by atoms with E-state index in [9.17, 15) is 4.79 Å². The second-order valence-electron chi connectivity index (χ2n) is 7.33. The Labute approximate surface area is 140 Å². The van der Waals surface area contributed by atoms with Gasteiger partial charge in [-0.05, 0) is 57.6 Å². The van der Waals surface area contributed by atoms with Crippen molar-refractivity contribution in [2.24, 2.45) is 5.92 Å². The van der Waals surface area contributed by atoms with Crippen LogP contribution >= 0.6 is 0 Å². The summed E-state index contributed by atoms with van der Waals surface area (Å²) in [6, 6.07) is 8.44. The Hall–Kier alpha value is -1.71. The zero-order valence-corrected chi connectivity index (χ0v) is 14.9. The molecule has 1 unspecified atom stereocenters. The molecule has 0 radical (unpaired) electrons. The lowest BCUT2D eigenvalue weighted by Crippen LogP contribution is -2.44. The highest BCUT2D eigenvalue weighted by Crippen LogP contribution is 2.21. The summed E-state index contributed by atoms with van der Waals surface area (Å²) in [5.41, 5.74) is 2.12. The van der Waals surface area contributed by atoms with Crippen LogP contribution in [0.15, 0.2) is 24.3 Å². The van der Waals surface area contributed by atoms with Crippen molar-refractivity contribution in [3.63, 3.8) is 0 Å². The van der Waals surface area contributed by atoms with Crippen molar-refractivity contribution in [1.82, 2.24) is 4.90 Å². The van der Waals surface area contributed by atoms with E-state index in [2.05, 4.69) is 36.5 Å². The molecule has 0 aliphatic carbocycles. The van der Waals surface area contributed by atoms with Crippen molar-refractivity contribution in [2.75, 3.05) is 25.0 Å². The van der Waals surface area contributed by atoms with E-state index < -0.39 is 5.60 Å². The third-order valence-corrected chi connectivity index (χ3v) is 4.15. The van der Waals surface area contributed by atoms with E-state index in [1.165, 1.54) is 11.3 Å². The lowest BCUT2D eigenvalue weighted by atomic mass is 9.98. The van der Waals surface area contributed by atoms with Gasteiger partial charge in [0.2, 0.25) is 0 Å². The first-order valence-corrected chi connectivity index (χ1v) is 8.68. The van der Waals surface area contributed by atoms with Crippen LogP contribution in [0.25, 0.3) is 0 Å². The quantitative estimate of drug-likeness (QED) is 0.899. The van der Waals surface area contributed by atoms with Crippen LogP contribution in [0, 0.1) is 5.92 Å². The van der Waals surface area contributed by atoms with E-state index in [1.807, 2.05) is 25.7 Å². The molecule has 4 nitrogen and oxygen atoms in total. The topological polar surface area (TPSA) is 41.6 Å². The SMILES string of the molecule is CCc1ccccc1NCC1CCCN(C(=O)OC(C)(C)C)C1. The first kappa shape index (κ1) is 17.6. The molecule has 1 amide bonds. The molecule has 1 fully saturated rings. The van der Waals surface area contributed by atoms with E-state index >= 15 is 0 Å². The van der Waals surface area contributed by atoms with Crippen molar-refractivity contribution < 1.29 is 9.53 Å². The Morgan fingerprint density at radius 1 is 1.35 bits per heavy atom. The Morgan fingerprint density at radius 2 is 2.09 bits per heavy atom. The minimum absolute atomic E-state index is 0.184. The number of likely N-dealkylation sites (tertiary alicyclic amines) is 1. The van der Waals surface area contributed by atoms with E-state index in [0.717, 1.165) is 38.9 Å². The summed E-state index contributed by atoms with van der Waals surface area (Å²) in [7, 11) is 0. The number of nitrogens with zero attached hydrogens (tertiary/aromatic N) is 1.